The van der Waals surface area contributed by atoms with Gasteiger partial charge in [0.15, 0.2) is 12.4 Å². The topological polar surface area (TPSA) is 69.4 Å². The summed E-state index contributed by atoms with van der Waals surface area (Å²) in [4.78, 5) is 20.0. The zero-order valence-electron chi connectivity index (χ0n) is 8.23. The lowest BCUT2D eigenvalue weighted by Gasteiger charge is -2.09. The molecule has 17 heavy (non-hydrogen) atoms. The maximum Gasteiger partial charge on any atom is 0.422 e. The zero-order valence-corrected chi connectivity index (χ0v) is 8.23. The lowest BCUT2D eigenvalue weighted by atomic mass is 10.2. The number of nitro benzene ring substituents is 1. The maximum absolute atomic E-state index is 11.9. The summed E-state index contributed by atoms with van der Waals surface area (Å²) in [6, 6.07) is 2.93. The Labute approximate surface area is 93.0 Å². The first-order valence-electron chi connectivity index (χ1n) is 4.26. The summed E-state index contributed by atoms with van der Waals surface area (Å²) < 4.78 is 39.9. The molecule has 0 bridgehead atoms. The van der Waals surface area contributed by atoms with E-state index in [-0.39, 0.29) is 5.56 Å². The molecule has 0 aromatic heterocycles. The second-order valence-corrected chi connectivity index (χ2v) is 3.01. The van der Waals surface area contributed by atoms with Crippen molar-refractivity contribution >= 4 is 12.0 Å². The molecule has 0 fully saturated rings. The molecule has 0 atom stereocenters. The molecule has 8 heteroatoms. The minimum Gasteiger partial charge on any atom is -0.477 e. The van der Waals surface area contributed by atoms with E-state index in [1.165, 1.54) is 0 Å². The molecule has 0 aliphatic rings. The van der Waals surface area contributed by atoms with Crippen molar-refractivity contribution in [2.24, 2.45) is 0 Å². The van der Waals surface area contributed by atoms with E-state index >= 15 is 0 Å². The van der Waals surface area contributed by atoms with Gasteiger partial charge in [0.2, 0.25) is 0 Å². The summed E-state index contributed by atoms with van der Waals surface area (Å²) in [5, 5.41) is 10.5. The summed E-state index contributed by atoms with van der Waals surface area (Å²) in [6.07, 6.45) is -4.24. The van der Waals surface area contributed by atoms with Crippen molar-refractivity contribution in [3.8, 4) is 5.75 Å². The Hall–Kier alpha value is -2.12. The summed E-state index contributed by atoms with van der Waals surface area (Å²) in [5.74, 6) is -0.530. The first-order chi connectivity index (χ1) is 7.83. The van der Waals surface area contributed by atoms with E-state index in [2.05, 4.69) is 4.74 Å². The normalized spacial score (nSPS) is 11.0. The van der Waals surface area contributed by atoms with Gasteiger partial charge in [-0.3, -0.25) is 14.9 Å². The number of nitrogens with zero attached hydrogens (tertiary/aromatic N) is 1. The van der Waals surface area contributed by atoms with E-state index in [1.807, 2.05) is 0 Å². The Morgan fingerprint density at radius 1 is 1.41 bits per heavy atom. The molecule has 5 nitrogen and oxygen atoms in total. The van der Waals surface area contributed by atoms with Crippen LogP contribution in [-0.2, 0) is 0 Å². The molecule has 0 unspecified atom stereocenters. The van der Waals surface area contributed by atoms with Crippen LogP contribution in [0.1, 0.15) is 10.4 Å². The molecule has 0 spiro atoms. The number of hydrogen-bond acceptors (Lipinski definition) is 4. The Bertz CT molecular complexity index is 444. The number of carbonyl (C=O) groups excluding carboxylic acids is 1. The summed E-state index contributed by atoms with van der Waals surface area (Å²) in [7, 11) is 0. The monoisotopic (exact) mass is 249 g/mol. The first kappa shape index (κ1) is 12.9. The number of benzene rings is 1. The molecule has 0 aliphatic heterocycles. The smallest absolute Gasteiger partial charge is 0.422 e. The van der Waals surface area contributed by atoms with E-state index < -0.39 is 29.1 Å². The van der Waals surface area contributed by atoms with Crippen molar-refractivity contribution in [2.45, 2.75) is 6.18 Å². The fourth-order valence-electron chi connectivity index (χ4n) is 1.03. The van der Waals surface area contributed by atoms with Crippen LogP contribution in [0.3, 0.4) is 0 Å². The van der Waals surface area contributed by atoms with E-state index in [1.54, 1.807) is 0 Å². The van der Waals surface area contributed by atoms with Gasteiger partial charge in [-0.25, -0.2) is 0 Å². The van der Waals surface area contributed by atoms with Crippen LogP contribution >= 0.6 is 0 Å². The van der Waals surface area contributed by atoms with Gasteiger partial charge in [-0.2, -0.15) is 13.2 Å². The second kappa shape index (κ2) is 4.81. The van der Waals surface area contributed by atoms with Crippen molar-refractivity contribution in [3.63, 3.8) is 0 Å². The third kappa shape index (κ3) is 3.74. The third-order valence-corrected chi connectivity index (χ3v) is 1.71. The van der Waals surface area contributed by atoms with Crippen molar-refractivity contribution < 1.29 is 27.6 Å². The molecule has 0 aliphatic carbocycles. The fraction of sp³-hybridized carbons (Fsp3) is 0.222. The number of carbonyl (C=O) groups is 1. The molecule has 1 rings (SSSR count). The molecule has 1 aromatic rings. The summed E-state index contributed by atoms with van der Waals surface area (Å²) in [5.41, 5.74) is -0.699. The van der Waals surface area contributed by atoms with Gasteiger partial charge in [0.1, 0.15) is 6.29 Å². The van der Waals surface area contributed by atoms with Crippen LogP contribution in [-0.4, -0.2) is 24.0 Å². The second-order valence-electron chi connectivity index (χ2n) is 3.01. The van der Waals surface area contributed by atoms with Crippen LogP contribution in [0.15, 0.2) is 18.2 Å². The standard InChI is InChI=1S/C9H6F3NO4/c10-9(11,12)5-17-8-2-1-6(4-14)3-7(8)13(15)16/h1-4H,5H2. The van der Waals surface area contributed by atoms with Gasteiger partial charge in [-0.05, 0) is 12.1 Å². The first-order valence-corrected chi connectivity index (χ1v) is 4.26. The van der Waals surface area contributed by atoms with Gasteiger partial charge in [0, 0.05) is 11.6 Å². The van der Waals surface area contributed by atoms with Crippen LogP contribution in [0.2, 0.25) is 0 Å². The Morgan fingerprint density at radius 3 is 2.53 bits per heavy atom. The largest absolute Gasteiger partial charge is 0.477 e. The highest BCUT2D eigenvalue weighted by atomic mass is 19.4. The van der Waals surface area contributed by atoms with Crippen LogP contribution in [0.25, 0.3) is 0 Å². The lowest BCUT2D eigenvalue weighted by Crippen LogP contribution is -2.19. The van der Waals surface area contributed by atoms with Gasteiger partial charge >= 0.3 is 11.9 Å². The van der Waals surface area contributed by atoms with Gasteiger partial charge in [-0.1, -0.05) is 0 Å². The number of hydrogen-bond donors (Lipinski definition) is 0. The van der Waals surface area contributed by atoms with Crippen LogP contribution < -0.4 is 4.74 Å². The molecule has 0 saturated heterocycles. The molecule has 0 amide bonds. The van der Waals surface area contributed by atoms with Crippen molar-refractivity contribution in [3.05, 3.63) is 33.9 Å². The van der Waals surface area contributed by atoms with E-state index in [0.717, 1.165) is 18.2 Å². The molecular weight excluding hydrogens is 243 g/mol. The average molecular weight is 249 g/mol. The third-order valence-electron chi connectivity index (χ3n) is 1.71. The molecule has 0 heterocycles. The Morgan fingerprint density at radius 2 is 2.06 bits per heavy atom. The highest BCUT2D eigenvalue weighted by molar-refractivity contribution is 5.77. The molecule has 92 valence electrons. The minimum atomic E-state index is -4.59. The SMILES string of the molecule is O=Cc1ccc(OCC(F)(F)F)c([N+](=O)[O-])c1. The molecule has 0 saturated carbocycles. The van der Waals surface area contributed by atoms with Gasteiger partial charge in [0.05, 0.1) is 4.92 Å². The van der Waals surface area contributed by atoms with Crippen molar-refractivity contribution in [1.29, 1.82) is 0 Å². The zero-order chi connectivity index (χ0) is 13.1. The predicted octanol–water partition coefficient (Wildman–Crippen LogP) is 2.35. The fourth-order valence-corrected chi connectivity index (χ4v) is 1.03. The van der Waals surface area contributed by atoms with Crippen LogP contribution in [0, 0.1) is 10.1 Å². The van der Waals surface area contributed by atoms with Crippen LogP contribution in [0.5, 0.6) is 5.75 Å². The molecule has 0 N–H and O–H groups in total. The Balaban J connectivity index is 2.98. The number of alkyl halides is 3. The van der Waals surface area contributed by atoms with Gasteiger partial charge in [0.25, 0.3) is 0 Å². The number of halogens is 3. The Kier molecular flexibility index (Phi) is 3.66. The summed E-state index contributed by atoms with van der Waals surface area (Å²) in [6.45, 7) is -1.63. The number of ether oxygens (including phenoxy) is 1. The van der Waals surface area contributed by atoms with Gasteiger partial charge in [-0.15, -0.1) is 0 Å². The number of rotatable bonds is 4. The van der Waals surface area contributed by atoms with E-state index in [0.29, 0.717) is 6.29 Å². The highest BCUT2D eigenvalue weighted by Crippen LogP contribution is 2.29. The average Bonchev–Trinajstić information content (AvgIpc) is 2.25. The predicted molar refractivity (Wildman–Crippen MR) is 50.0 cm³/mol. The molecule has 0 radical (unpaired) electrons. The van der Waals surface area contributed by atoms with E-state index in [9.17, 15) is 28.1 Å². The lowest BCUT2D eigenvalue weighted by molar-refractivity contribution is -0.386. The number of nitro groups is 1. The quantitative estimate of drug-likeness (QED) is 0.466. The van der Waals surface area contributed by atoms with Gasteiger partial charge < -0.3 is 4.74 Å². The summed E-state index contributed by atoms with van der Waals surface area (Å²) >= 11 is 0. The maximum atomic E-state index is 11.9. The minimum absolute atomic E-state index is 0.0175. The molecule has 1 aromatic carbocycles. The molecular formula is C9H6F3NO4. The van der Waals surface area contributed by atoms with E-state index in [4.69, 9.17) is 0 Å². The van der Waals surface area contributed by atoms with Crippen molar-refractivity contribution in [1.82, 2.24) is 0 Å². The van der Waals surface area contributed by atoms with Crippen molar-refractivity contribution in [2.75, 3.05) is 6.61 Å². The van der Waals surface area contributed by atoms with Crippen LogP contribution in [0.4, 0.5) is 18.9 Å². The highest BCUT2D eigenvalue weighted by Gasteiger charge is 2.30. The number of aldehydes is 1.